The van der Waals surface area contributed by atoms with E-state index < -0.39 is 0 Å². The van der Waals surface area contributed by atoms with E-state index in [1.807, 2.05) is 42.2 Å². The number of benzene rings is 2. The molecular weight excluding hydrogens is 342 g/mol. The molecule has 0 spiro atoms. The van der Waals surface area contributed by atoms with Crippen LogP contribution in [0.3, 0.4) is 0 Å². The van der Waals surface area contributed by atoms with Crippen LogP contribution in [0.25, 0.3) is 21.7 Å². The molecule has 1 aromatic heterocycles. The predicted octanol–water partition coefficient (Wildman–Crippen LogP) is 2.57. The second-order valence-corrected chi connectivity index (χ2v) is 7.21. The molecule has 3 N–H and O–H groups in total. The highest BCUT2D eigenvalue weighted by atomic mass is 16.3. The van der Waals surface area contributed by atoms with Gasteiger partial charge in [0, 0.05) is 35.5 Å². The first-order valence-electron chi connectivity index (χ1n) is 9.25. The van der Waals surface area contributed by atoms with Crippen molar-refractivity contribution in [1.29, 1.82) is 0 Å². The van der Waals surface area contributed by atoms with Crippen LogP contribution >= 0.6 is 0 Å². The number of carbonyl (C=O) groups excluding carboxylic acids is 2. The van der Waals surface area contributed by atoms with Crippen LogP contribution in [0.1, 0.15) is 29.0 Å². The summed E-state index contributed by atoms with van der Waals surface area (Å²) in [5.41, 5.74) is 6.86. The smallest absolute Gasteiger partial charge is 0.287 e. The third kappa shape index (κ3) is 3.40. The summed E-state index contributed by atoms with van der Waals surface area (Å²) in [6.07, 6.45) is 1.59. The number of nitrogens with two attached hydrogens (primary N) is 1. The van der Waals surface area contributed by atoms with Crippen LogP contribution < -0.4 is 11.1 Å². The van der Waals surface area contributed by atoms with Crippen molar-refractivity contribution in [1.82, 2.24) is 10.2 Å². The maximum absolute atomic E-state index is 12.8. The van der Waals surface area contributed by atoms with Gasteiger partial charge in [-0.05, 0) is 25.2 Å². The molecule has 4 rings (SSSR count). The zero-order valence-electron chi connectivity index (χ0n) is 15.3. The fourth-order valence-corrected chi connectivity index (χ4v) is 3.87. The number of nitrogens with one attached hydrogen (secondary N) is 1. The van der Waals surface area contributed by atoms with Gasteiger partial charge >= 0.3 is 0 Å². The molecule has 1 saturated heterocycles. The van der Waals surface area contributed by atoms with E-state index in [4.69, 9.17) is 10.2 Å². The number of amides is 2. The van der Waals surface area contributed by atoms with E-state index in [1.54, 1.807) is 0 Å². The zero-order chi connectivity index (χ0) is 19.0. The summed E-state index contributed by atoms with van der Waals surface area (Å²) >= 11 is 0. The topological polar surface area (TPSA) is 88.6 Å². The van der Waals surface area contributed by atoms with Crippen LogP contribution in [-0.4, -0.2) is 42.4 Å². The van der Waals surface area contributed by atoms with Gasteiger partial charge in [0.25, 0.3) is 5.91 Å². The Morgan fingerprint density at radius 2 is 1.89 bits per heavy atom. The molecule has 0 unspecified atom stereocenters. The summed E-state index contributed by atoms with van der Waals surface area (Å²) in [6.45, 7) is 3.69. The van der Waals surface area contributed by atoms with Crippen molar-refractivity contribution in [2.45, 2.75) is 25.8 Å². The fourth-order valence-electron chi connectivity index (χ4n) is 3.87. The second-order valence-electron chi connectivity index (χ2n) is 7.21. The SMILES string of the molecule is Cc1c(C(=O)NC2CCN(CC(N)=O)CC2)oc2c1ccc1ccccc12. The Balaban J connectivity index is 1.52. The van der Waals surface area contributed by atoms with Crippen LogP contribution in [0.4, 0.5) is 0 Å². The summed E-state index contributed by atoms with van der Waals surface area (Å²) in [5.74, 6) is -0.121. The van der Waals surface area contributed by atoms with Crippen molar-refractivity contribution in [3.05, 3.63) is 47.7 Å². The molecule has 2 heterocycles. The van der Waals surface area contributed by atoms with Crippen molar-refractivity contribution in [3.8, 4) is 0 Å². The fraction of sp³-hybridized carbons (Fsp3) is 0.333. The first-order chi connectivity index (χ1) is 13.0. The molecule has 0 aliphatic carbocycles. The summed E-state index contributed by atoms with van der Waals surface area (Å²) in [7, 11) is 0. The number of hydrogen-bond acceptors (Lipinski definition) is 4. The Morgan fingerprint density at radius 3 is 2.63 bits per heavy atom. The van der Waals surface area contributed by atoms with Crippen molar-refractivity contribution in [3.63, 3.8) is 0 Å². The number of likely N-dealkylation sites (tertiary alicyclic amines) is 1. The van der Waals surface area contributed by atoms with Gasteiger partial charge in [0.2, 0.25) is 5.91 Å². The molecule has 0 atom stereocenters. The van der Waals surface area contributed by atoms with Crippen LogP contribution in [0.15, 0.2) is 40.8 Å². The van der Waals surface area contributed by atoms with E-state index in [-0.39, 0.29) is 24.4 Å². The lowest BCUT2D eigenvalue weighted by Gasteiger charge is -2.31. The van der Waals surface area contributed by atoms with Crippen molar-refractivity contribution < 1.29 is 14.0 Å². The lowest BCUT2D eigenvalue weighted by molar-refractivity contribution is -0.119. The van der Waals surface area contributed by atoms with E-state index in [2.05, 4.69) is 11.4 Å². The second kappa shape index (κ2) is 7.04. The van der Waals surface area contributed by atoms with Crippen molar-refractivity contribution >= 4 is 33.6 Å². The number of primary amides is 1. The van der Waals surface area contributed by atoms with Crippen LogP contribution in [0.5, 0.6) is 0 Å². The number of rotatable bonds is 4. The van der Waals surface area contributed by atoms with Gasteiger partial charge < -0.3 is 15.5 Å². The number of carbonyl (C=O) groups is 2. The van der Waals surface area contributed by atoms with Gasteiger partial charge in [0.15, 0.2) is 5.76 Å². The molecule has 0 radical (unpaired) electrons. The van der Waals surface area contributed by atoms with E-state index in [0.29, 0.717) is 5.76 Å². The van der Waals surface area contributed by atoms with Gasteiger partial charge in [-0.1, -0.05) is 36.4 Å². The number of piperidine rings is 1. The molecule has 0 bridgehead atoms. The van der Waals surface area contributed by atoms with E-state index >= 15 is 0 Å². The first-order valence-corrected chi connectivity index (χ1v) is 9.25. The third-order valence-electron chi connectivity index (χ3n) is 5.34. The maximum atomic E-state index is 12.8. The van der Waals surface area contributed by atoms with E-state index in [1.165, 1.54) is 0 Å². The molecule has 140 valence electrons. The van der Waals surface area contributed by atoms with Gasteiger partial charge in [-0.2, -0.15) is 0 Å². The van der Waals surface area contributed by atoms with Gasteiger partial charge in [0.1, 0.15) is 5.58 Å². The summed E-state index contributed by atoms with van der Waals surface area (Å²) in [5, 5.41) is 6.15. The number of nitrogens with zero attached hydrogens (tertiary/aromatic N) is 1. The van der Waals surface area contributed by atoms with Crippen LogP contribution in [0.2, 0.25) is 0 Å². The Labute approximate surface area is 157 Å². The zero-order valence-corrected chi connectivity index (χ0v) is 15.3. The minimum Gasteiger partial charge on any atom is -0.450 e. The average Bonchev–Trinajstić information content (AvgIpc) is 3.00. The van der Waals surface area contributed by atoms with Crippen LogP contribution in [-0.2, 0) is 4.79 Å². The van der Waals surface area contributed by atoms with Gasteiger partial charge in [-0.3, -0.25) is 14.5 Å². The quantitative estimate of drug-likeness (QED) is 0.744. The Bertz CT molecular complexity index is 1020. The Kier molecular flexibility index (Phi) is 4.58. The lowest BCUT2D eigenvalue weighted by atomic mass is 10.0. The van der Waals surface area contributed by atoms with Gasteiger partial charge in [0.05, 0.1) is 6.54 Å². The highest BCUT2D eigenvalue weighted by molar-refractivity contribution is 6.08. The molecule has 2 aromatic carbocycles. The minimum absolute atomic E-state index is 0.0750. The number of fused-ring (bicyclic) bond motifs is 3. The van der Waals surface area contributed by atoms with Crippen molar-refractivity contribution in [2.24, 2.45) is 5.73 Å². The van der Waals surface area contributed by atoms with Crippen molar-refractivity contribution in [2.75, 3.05) is 19.6 Å². The maximum Gasteiger partial charge on any atom is 0.287 e. The molecule has 6 nitrogen and oxygen atoms in total. The van der Waals surface area contributed by atoms with E-state index in [9.17, 15) is 9.59 Å². The highest BCUT2D eigenvalue weighted by Crippen LogP contribution is 2.31. The molecule has 2 amide bonds. The average molecular weight is 365 g/mol. The molecule has 3 aromatic rings. The number of furan rings is 1. The Morgan fingerprint density at radius 1 is 1.15 bits per heavy atom. The molecule has 1 aliphatic heterocycles. The molecule has 27 heavy (non-hydrogen) atoms. The molecular formula is C21H23N3O3. The molecule has 0 saturated carbocycles. The standard InChI is InChI=1S/C21H23N3O3/c1-13-16-7-6-14-4-2-3-5-17(14)20(16)27-19(13)21(26)23-15-8-10-24(11-9-15)12-18(22)25/h2-7,15H,8-12H2,1H3,(H2,22,25)(H,23,26). The summed E-state index contributed by atoms with van der Waals surface area (Å²) < 4.78 is 6.01. The minimum atomic E-state index is -0.317. The molecule has 1 aliphatic rings. The largest absolute Gasteiger partial charge is 0.450 e. The Hall–Kier alpha value is -2.86. The summed E-state index contributed by atoms with van der Waals surface area (Å²) in [4.78, 5) is 25.8. The molecule has 6 heteroatoms. The number of hydrogen-bond donors (Lipinski definition) is 2. The van der Waals surface area contributed by atoms with E-state index in [0.717, 1.165) is 53.2 Å². The van der Waals surface area contributed by atoms with Gasteiger partial charge in [-0.15, -0.1) is 0 Å². The van der Waals surface area contributed by atoms with Gasteiger partial charge in [-0.25, -0.2) is 0 Å². The molecule has 1 fully saturated rings. The number of aryl methyl sites for hydroxylation is 1. The highest BCUT2D eigenvalue weighted by Gasteiger charge is 2.25. The van der Waals surface area contributed by atoms with Crippen LogP contribution in [0, 0.1) is 6.92 Å². The first kappa shape index (κ1) is 17.5. The summed E-state index contributed by atoms with van der Waals surface area (Å²) in [6, 6.07) is 12.1. The predicted molar refractivity (Wildman–Crippen MR) is 105 cm³/mol. The normalized spacial score (nSPS) is 16.0. The third-order valence-corrected chi connectivity index (χ3v) is 5.34. The monoisotopic (exact) mass is 365 g/mol. The lowest BCUT2D eigenvalue weighted by Crippen LogP contribution is -2.46.